The first-order valence-electron chi connectivity index (χ1n) is 5.54. The SMILES string of the molecule is Br.NC1=NN=C(CCCOc2ccccc2)CS1. The van der Waals surface area contributed by atoms with Crippen molar-refractivity contribution < 1.29 is 4.74 Å². The Hall–Kier alpha value is -1.01. The van der Waals surface area contributed by atoms with Crippen molar-refractivity contribution in [1.29, 1.82) is 0 Å². The second kappa shape index (κ2) is 8.16. The zero-order valence-corrected chi connectivity index (χ0v) is 12.4. The van der Waals surface area contributed by atoms with E-state index >= 15 is 0 Å². The summed E-state index contributed by atoms with van der Waals surface area (Å²) in [6.45, 7) is 0.701. The fourth-order valence-electron chi connectivity index (χ4n) is 1.44. The zero-order valence-electron chi connectivity index (χ0n) is 9.91. The Bertz CT molecular complexity index is 423. The van der Waals surface area contributed by atoms with E-state index in [0.29, 0.717) is 11.8 Å². The van der Waals surface area contributed by atoms with Gasteiger partial charge in [0.05, 0.1) is 12.3 Å². The molecule has 98 valence electrons. The Balaban J connectivity index is 0.00000162. The minimum Gasteiger partial charge on any atom is -0.494 e. The van der Waals surface area contributed by atoms with E-state index in [-0.39, 0.29) is 17.0 Å². The Labute approximate surface area is 121 Å². The molecule has 1 heterocycles. The third-order valence-corrected chi connectivity index (χ3v) is 3.15. The highest BCUT2D eigenvalue weighted by molar-refractivity contribution is 8.93. The van der Waals surface area contributed by atoms with Crippen LogP contribution in [-0.4, -0.2) is 23.2 Å². The van der Waals surface area contributed by atoms with Crippen molar-refractivity contribution in [2.75, 3.05) is 12.4 Å². The Morgan fingerprint density at radius 3 is 2.67 bits per heavy atom. The van der Waals surface area contributed by atoms with E-state index in [1.807, 2.05) is 30.3 Å². The van der Waals surface area contributed by atoms with Crippen LogP contribution in [-0.2, 0) is 0 Å². The summed E-state index contributed by atoms with van der Waals surface area (Å²) in [5, 5.41) is 8.46. The number of benzene rings is 1. The summed E-state index contributed by atoms with van der Waals surface area (Å²) in [7, 11) is 0. The number of nitrogens with two attached hydrogens (primary N) is 1. The molecule has 0 fully saturated rings. The van der Waals surface area contributed by atoms with Crippen LogP contribution in [0.2, 0.25) is 0 Å². The minimum absolute atomic E-state index is 0. The third-order valence-electron chi connectivity index (χ3n) is 2.30. The lowest BCUT2D eigenvalue weighted by molar-refractivity contribution is 0.313. The van der Waals surface area contributed by atoms with Gasteiger partial charge in [0.25, 0.3) is 0 Å². The van der Waals surface area contributed by atoms with Gasteiger partial charge in [0.1, 0.15) is 5.75 Å². The summed E-state index contributed by atoms with van der Waals surface area (Å²) in [5.41, 5.74) is 6.59. The van der Waals surface area contributed by atoms with Crippen molar-refractivity contribution >= 4 is 39.6 Å². The van der Waals surface area contributed by atoms with Crippen molar-refractivity contribution in [3.63, 3.8) is 0 Å². The number of nitrogens with zero attached hydrogens (tertiary/aromatic N) is 2. The highest BCUT2D eigenvalue weighted by atomic mass is 79.9. The first kappa shape index (κ1) is 15.0. The number of rotatable bonds is 5. The molecule has 0 spiro atoms. The van der Waals surface area contributed by atoms with Crippen LogP contribution in [0, 0.1) is 0 Å². The van der Waals surface area contributed by atoms with E-state index in [2.05, 4.69) is 10.2 Å². The normalized spacial score (nSPS) is 14.2. The topological polar surface area (TPSA) is 60.0 Å². The molecule has 2 N–H and O–H groups in total. The summed E-state index contributed by atoms with van der Waals surface area (Å²) in [6.07, 6.45) is 1.86. The maximum atomic E-state index is 5.60. The van der Waals surface area contributed by atoms with Crippen LogP contribution in [0.25, 0.3) is 0 Å². The van der Waals surface area contributed by atoms with Crippen LogP contribution in [0.4, 0.5) is 0 Å². The van der Waals surface area contributed by atoms with E-state index in [9.17, 15) is 0 Å². The molecule has 2 rings (SSSR count). The Kier molecular flexibility index (Phi) is 6.82. The van der Waals surface area contributed by atoms with Gasteiger partial charge in [0, 0.05) is 5.75 Å². The number of para-hydroxylation sites is 1. The number of thioether (sulfide) groups is 1. The van der Waals surface area contributed by atoms with E-state index in [1.165, 1.54) is 11.8 Å². The fourth-order valence-corrected chi connectivity index (χ4v) is 2.06. The summed E-state index contributed by atoms with van der Waals surface area (Å²) in [6, 6.07) is 9.82. The molecule has 1 aromatic carbocycles. The first-order valence-corrected chi connectivity index (χ1v) is 6.52. The molecule has 0 unspecified atom stereocenters. The second-order valence-corrected chi connectivity index (χ2v) is 4.65. The lowest BCUT2D eigenvalue weighted by Gasteiger charge is -2.09. The standard InChI is InChI=1S/C12H15N3OS.BrH/c13-12-15-14-10(9-17-12)5-4-8-16-11-6-2-1-3-7-11;/h1-3,6-7H,4-5,8-9H2,(H2,13,15);1H. The van der Waals surface area contributed by atoms with Crippen molar-refractivity contribution in [2.24, 2.45) is 15.9 Å². The van der Waals surface area contributed by atoms with Gasteiger partial charge in [-0.05, 0) is 25.0 Å². The van der Waals surface area contributed by atoms with E-state index in [1.54, 1.807) is 0 Å². The van der Waals surface area contributed by atoms with Crippen molar-refractivity contribution in [3.05, 3.63) is 30.3 Å². The van der Waals surface area contributed by atoms with Crippen LogP contribution >= 0.6 is 28.7 Å². The summed E-state index contributed by atoms with van der Waals surface area (Å²) in [4.78, 5) is 0. The van der Waals surface area contributed by atoms with Gasteiger partial charge in [-0.2, -0.15) is 5.10 Å². The van der Waals surface area contributed by atoms with E-state index in [0.717, 1.165) is 30.1 Å². The molecule has 0 bridgehead atoms. The van der Waals surface area contributed by atoms with Gasteiger partial charge in [-0.1, -0.05) is 30.0 Å². The predicted molar refractivity (Wildman–Crippen MR) is 83.0 cm³/mol. The molecule has 0 aliphatic carbocycles. The lowest BCUT2D eigenvalue weighted by atomic mass is 10.2. The maximum absolute atomic E-state index is 5.60. The average molecular weight is 330 g/mol. The third kappa shape index (κ3) is 5.10. The van der Waals surface area contributed by atoms with Crippen LogP contribution in [0.15, 0.2) is 40.5 Å². The highest BCUT2D eigenvalue weighted by Crippen LogP contribution is 2.12. The van der Waals surface area contributed by atoms with Crippen LogP contribution in [0.1, 0.15) is 12.8 Å². The molecule has 18 heavy (non-hydrogen) atoms. The van der Waals surface area contributed by atoms with Crippen molar-refractivity contribution in [2.45, 2.75) is 12.8 Å². The molecule has 0 aromatic heterocycles. The monoisotopic (exact) mass is 329 g/mol. The fraction of sp³-hybridized carbons (Fsp3) is 0.333. The highest BCUT2D eigenvalue weighted by Gasteiger charge is 2.07. The Morgan fingerprint density at radius 2 is 2.00 bits per heavy atom. The summed E-state index contributed by atoms with van der Waals surface area (Å²) < 4.78 is 5.60. The molecule has 1 aliphatic heterocycles. The van der Waals surface area contributed by atoms with Gasteiger partial charge in [-0.3, -0.25) is 0 Å². The van der Waals surface area contributed by atoms with Gasteiger partial charge in [-0.15, -0.1) is 22.1 Å². The molecule has 0 atom stereocenters. The zero-order chi connectivity index (χ0) is 11.9. The number of amidine groups is 1. The molecule has 0 saturated heterocycles. The number of ether oxygens (including phenoxy) is 1. The molecule has 6 heteroatoms. The summed E-state index contributed by atoms with van der Waals surface area (Å²) >= 11 is 1.54. The molecule has 0 saturated carbocycles. The second-order valence-electron chi connectivity index (χ2n) is 3.66. The van der Waals surface area contributed by atoms with Crippen LogP contribution < -0.4 is 10.5 Å². The van der Waals surface area contributed by atoms with Gasteiger partial charge in [-0.25, -0.2) is 0 Å². The predicted octanol–water partition coefficient (Wildman–Crippen LogP) is 2.84. The van der Waals surface area contributed by atoms with Crippen molar-refractivity contribution in [1.82, 2.24) is 0 Å². The number of hydrogen-bond acceptors (Lipinski definition) is 5. The van der Waals surface area contributed by atoms with Gasteiger partial charge in [0.2, 0.25) is 0 Å². The largest absolute Gasteiger partial charge is 0.494 e. The maximum Gasteiger partial charge on any atom is 0.180 e. The summed E-state index contributed by atoms with van der Waals surface area (Å²) in [5.74, 6) is 1.76. The van der Waals surface area contributed by atoms with Gasteiger partial charge >= 0.3 is 0 Å². The van der Waals surface area contributed by atoms with Gasteiger partial charge < -0.3 is 10.5 Å². The molecule has 0 amide bonds. The minimum atomic E-state index is 0. The van der Waals surface area contributed by atoms with Gasteiger partial charge in [0.15, 0.2) is 5.17 Å². The quantitative estimate of drug-likeness (QED) is 0.845. The van der Waals surface area contributed by atoms with E-state index < -0.39 is 0 Å². The lowest BCUT2D eigenvalue weighted by Crippen LogP contribution is -2.16. The molecule has 1 aromatic rings. The van der Waals surface area contributed by atoms with Crippen LogP contribution in [0.3, 0.4) is 0 Å². The van der Waals surface area contributed by atoms with E-state index in [4.69, 9.17) is 10.5 Å². The molecular weight excluding hydrogens is 314 g/mol. The average Bonchev–Trinajstić information content (AvgIpc) is 2.38. The first-order chi connectivity index (χ1) is 8.34. The molecule has 0 radical (unpaired) electrons. The van der Waals surface area contributed by atoms with Crippen LogP contribution in [0.5, 0.6) is 5.75 Å². The smallest absolute Gasteiger partial charge is 0.180 e. The molecule has 4 nitrogen and oxygen atoms in total. The number of halogens is 1. The number of hydrogen-bond donors (Lipinski definition) is 1. The molecule has 1 aliphatic rings. The van der Waals surface area contributed by atoms with Crippen molar-refractivity contribution in [3.8, 4) is 5.75 Å². The molecular formula is C12H16BrN3OS. The Morgan fingerprint density at radius 1 is 1.22 bits per heavy atom.